The van der Waals surface area contributed by atoms with Gasteiger partial charge in [0.15, 0.2) is 0 Å². The fourth-order valence-electron chi connectivity index (χ4n) is 3.14. The van der Waals surface area contributed by atoms with Gasteiger partial charge in [-0.25, -0.2) is 0 Å². The largest absolute Gasteiger partial charge is 0.493 e. The number of H-pyrrole nitrogens is 1. The molecule has 0 unspecified atom stereocenters. The van der Waals surface area contributed by atoms with E-state index < -0.39 is 0 Å². The number of aromatic nitrogens is 1. The summed E-state index contributed by atoms with van der Waals surface area (Å²) in [7, 11) is 0. The SMILES string of the molecule is Cc1cc(/C(=C\[C@H]2CCC(=O)N2)c2ccc(Cl)c(=O)[nH]2)ccc1OCCCO. The molecule has 1 amide bonds. The Morgan fingerprint density at radius 2 is 2.14 bits per heavy atom. The van der Waals surface area contributed by atoms with Crippen molar-refractivity contribution in [3.63, 3.8) is 0 Å². The van der Waals surface area contributed by atoms with E-state index in [2.05, 4.69) is 10.3 Å². The van der Waals surface area contributed by atoms with Gasteiger partial charge in [-0.05, 0) is 48.7 Å². The van der Waals surface area contributed by atoms with Gasteiger partial charge in [0.25, 0.3) is 5.56 Å². The minimum absolute atomic E-state index is 0.0222. The number of aliphatic hydroxyl groups is 1. The van der Waals surface area contributed by atoms with E-state index in [1.807, 2.05) is 31.2 Å². The number of nitrogens with one attached hydrogen (secondary N) is 2. The predicted octanol–water partition coefficient (Wildman–Crippen LogP) is 2.81. The van der Waals surface area contributed by atoms with Crippen LogP contribution < -0.4 is 15.6 Å². The minimum atomic E-state index is -0.360. The van der Waals surface area contributed by atoms with Crippen LogP contribution in [0.5, 0.6) is 5.75 Å². The van der Waals surface area contributed by atoms with Crippen molar-refractivity contribution in [2.45, 2.75) is 32.2 Å². The van der Waals surface area contributed by atoms with E-state index in [1.165, 1.54) is 0 Å². The van der Waals surface area contributed by atoms with E-state index >= 15 is 0 Å². The molecule has 0 spiro atoms. The normalized spacial score (nSPS) is 16.9. The molecule has 7 heteroatoms. The lowest BCUT2D eigenvalue weighted by Crippen LogP contribution is -2.23. The number of halogens is 1. The van der Waals surface area contributed by atoms with Crippen molar-refractivity contribution in [1.29, 1.82) is 0 Å². The van der Waals surface area contributed by atoms with Crippen molar-refractivity contribution in [3.05, 3.63) is 68.6 Å². The maximum Gasteiger partial charge on any atom is 0.267 e. The zero-order valence-electron chi connectivity index (χ0n) is 15.6. The van der Waals surface area contributed by atoms with Crippen molar-refractivity contribution in [3.8, 4) is 5.75 Å². The van der Waals surface area contributed by atoms with Gasteiger partial charge in [0.2, 0.25) is 5.91 Å². The first-order valence-electron chi connectivity index (χ1n) is 9.23. The van der Waals surface area contributed by atoms with Gasteiger partial charge < -0.3 is 20.1 Å². The van der Waals surface area contributed by atoms with E-state index in [9.17, 15) is 9.59 Å². The Hall–Kier alpha value is -2.57. The van der Waals surface area contributed by atoms with Gasteiger partial charge in [0.05, 0.1) is 6.61 Å². The van der Waals surface area contributed by atoms with Crippen LogP contribution in [0, 0.1) is 6.92 Å². The molecule has 1 aliphatic heterocycles. The van der Waals surface area contributed by atoms with Crippen molar-refractivity contribution in [2.75, 3.05) is 13.2 Å². The number of rotatable bonds is 7. The first-order chi connectivity index (χ1) is 13.5. The number of pyridine rings is 1. The summed E-state index contributed by atoms with van der Waals surface area (Å²) in [5.41, 5.74) is 2.91. The summed E-state index contributed by atoms with van der Waals surface area (Å²) in [5.74, 6) is 0.768. The molecule has 0 aliphatic carbocycles. The number of aliphatic hydroxyl groups excluding tert-OH is 1. The van der Waals surface area contributed by atoms with Crippen LogP contribution in [0.3, 0.4) is 0 Å². The molecule has 1 aromatic carbocycles. The summed E-state index contributed by atoms with van der Waals surface area (Å²) in [6, 6.07) is 8.99. The van der Waals surface area contributed by atoms with Gasteiger partial charge in [-0.1, -0.05) is 23.7 Å². The van der Waals surface area contributed by atoms with Crippen LogP contribution in [0.15, 0.2) is 41.2 Å². The number of aryl methyl sites for hydroxylation is 1. The van der Waals surface area contributed by atoms with Gasteiger partial charge in [0, 0.05) is 36.8 Å². The summed E-state index contributed by atoms with van der Waals surface area (Å²) in [6.45, 7) is 2.47. The first-order valence-corrected chi connectivity index (χ1v) is 9.61. The summed E-state index contributed by atoms with van der Waals surface area (Å²) >= 11 is 5.87. The number of carbonyl (C=O) groups excluding carboxylic acids is 1. The van der Waals surface area contributed by atoms with Gasteiger partial charge in [-0.15, -0.1) is 0 Å². The third-order valence-corrected chi connectivity index (χ3v) is 4.89. The van der Waals surface area contributed by atoms with Crippen LogP contribution in [-0.2, 0) is 4.79 Å². The van der Waals surface area contributed by atoms with Crippen molar-refractivity contribution >= 4 is 23.1 Å². The van der Waals surface area contributed by atoms with Crippen LogP contribution in [0.25, 0.3) is 5.57 Å². The molecule has 6 nitrogen and oxygen atoms in total. The topological polar surface area (TPSA) is 91.4 Å². The molecule has 0 saturated carbocycles. The molecule has 1 aromatic heterocycles. The highest BCUT2D eigenvalue weighted by Crippen LogP contribution is 2.28. The molecule has 28 heavy (non-hydrogen) atoms. The number of aromatic amines is 1. The van der Waals surface area contributed by atoms with Crippen molar-refractivity contribution < 1.29 is 14.6 Å². The van der Waals surface area contributed by atoms with Crippen LogP contribution in [-0.4, -0.2) is 35.3 Å². The Labute approximate surface area is 168 Å². The summed E-state index contributed by atoms with van der Waals surface area (Å²) in [5, 5.41) is 12.0. The first kappa shape index (κ1) is 20.2. The highest BCUT2D eigenvalue weighted by Gasteiger charge is 2.20. The summed E-state index contributed by atoms with van der Waals surface area (Å²) in [6.07, 6.45) is 3.73. The van der Waals surface area contributed by atoms with E-state index in [-0.39, 0.29) is 29.1 Å². The number of hydrogen-bond acceptors (Lipinski definition) is 4. The standard InChI is InChI=1S/C21H23ClN2O4/c1-13-11-14(3-7-19(13)28-10-2-9-25)16(12-15-4-8-20(26)23-15)18-6-5-17(22)21(27)24-18/h3,5-7,11-12,15,25H,2,4,8-10H2,1H3,(H,23,26)(H,24,27)/b16-12+/t15-/m1/s1. The maximum absolute atomic E-state index is 12.0. The van der Waals surface area contributed by atoms with E-state index in [0.717, 1.165) is 22.4 Å². The molecule has 148 valence electrons. The van der Waals surface area contributed by atoms with E-state index in [1.54, 1.807) is 12.1 Å². The van der Waals surface area contributed by atoms with Gasteiger partial charge in [0.1, 0.15) is 10.8 Å². The van der Waals surface area contributed by atoms with Gasteiger partial charge >= 0.3 is 0 Å². The molecule has 1 atom stereocenters. The number of benzene rings is 1. The average Bonchev–Trinajstić information content (AvgIpc) is 3.08. The van der Waals surface area contributed by atoms with Crippen LogP contribution in [0.4, 0.5) is 0 Å². The van der Waals surface area contributed by atoms with Crippen LogP contribution >= 0.6 is 11.6 Å². The minimum Gasteiger partial charge on any atom is -0.493 e. The molecule has 2 heterocycles. The fraction of sp³-hybridized carbons (Fsp3) is 0.333. The van der Waals surface area contributed by atoms with E-state index in [0.29, 0.717) is 31.6 Å². The molecular formula is C21H23ClN2O4. The molecule has 0 bridgehead atoms. The number of hydrogen-bond donors (Lipinski definition) is 3. The molecule has 2 aromatic rings. The zero-order chi connectivity index (χ0) is 20.1. The summed E-state index contributed by atoms with van der Waals surface area (Å²) in [4.78, 5) is 26.4. The third kappa shape index (κ3) is 4.82. The van der Waals surface area contributed by atoms with Crippen molar-refractivity contribution in [1.82, 2.24) is 10.3 Å². The molecule has 1 saturated heterocycles. The Morgan fingerprint density at radius 3 is 2.79 bits per heavy atom. The average molecular weight is 403 g/mol. The Balaban J connectivity index is 1.97. The Morgan fingerprint density at radius 1 is 1.32 bits per heavy atom. The fourth-order valence-corrected chi connectivity index (χ4v) is 3.25. The van der Waals surface area contributed by atoms with Crippen LogP contribution in [0.1, 0.15) is 36.1 Å². The highest BCUT2D eigenvalue weighted by atomic mass is 35.5. The van der Waals surface area contributed by atoms with Gasteiger partial charge in [-0.2, -0.15) is 0 Å². The Kier molecular flexibility index (Phi) is 6.54. The predicted molar refractivity (Wildman–Crippen MR) is 109 cm³/mol. The van der Waals surface area contributed by atoms with Crippen molar-refractivity contribution in [2.24, 2.45) is 0 Å². The Bertz CT molecular complexity index is 952. The maximum atomic E-state index is 12.0. The third-order valence-electron chi connectivity index (χ3n) is 4.59. The lowest BCUT2D eigenvalue weighted by atomic mass is 9.97. The van der Waals surface area contributed by atoms with Crippen LogP contribution in [0.2, 0.25) is 5.02 Å². The second-order valence-corrected chi connectivity index (χ2v) is 7.16. The zero-order valence-corrected chi connectivity index (χ0v) is 16.4. The second kappa shape index (κ2) is 9.08. The molecule has 1 aliphatic rings. The monoisotopic (exact) mass is 402 g/mol. The smallest absolute Gasteiger partial charge is 0.267 e. The number of amides is 1. The number of carbonyl (C=O) groups is 1. The van der Waals surface area contributed by atoms with Gasteiger partial charge in [-0.3, -0.25) is 9.59 Å². The lowest BCUT2D eigenvalue weighted by Gasteiger charge is -2.15. The molecule has 1 fully saturated rings. The number of ether oxygens (including phenoxy) is 1. The molecule has 3 N–H and O–H groups in total. The quantitative estimate of drug-likeness (QED) is 0.621. The molecule has 0 radical (unpaired) electrons. The van der Waals surface area contributed by atoms with E-state index in [4.69, 9.17) is 21.4 Å². The highest BCUT2D eigenvalue weighted by molar-refractivity contribution is 6.30. The second-order valence-electron chi connectivity index (χ2n) is 6.75. The molecular weight excluding hydrogens is 380 g/mol. The lowest BCUT2D eigenvalue weighted by molar-refractivity contribution is -0.119. The molecule has 3 rings (SSSR count). The summed E-state index contributed by atoms with van der Waals surface area (Å²) < 4.78 is 5.69.